The first kappa shape index (κ1) is 16.9. The van der Waals surface area contributed by atoms with E-state index in [1.54, 1.807) is 22.7 Å². The van der Waals surface area contributed by atoms with Crippen LogP contribution in [-0.4, -0.2) is 72.7 Å². The Kier molecular flexibility index (Phi) is 3.88. The van der Waals surface area contributed by atoms with Gasteiger partial charge in [0, 0.05) is 44.9 Å². The third-order valence-corrected chi connectivity index (χ3v) is 5.70. The van der Waals surface area contributed by atoms with Crippen molar-refractivity contribution in [2.45, 2.75) is 25.3 Å². The van der Waals surface area contributed by atoms with Crippen molar-refractivity contribution >= 4 is 17.5 Å². The van der Waals surface area contributed by atoms with Crippen LogP contribution >= 0.6 is 0 Å². The van der Waals surface area contributed by atoms with Gasteiger partial charge in [0.25, 0.3) is 11.8 Å². The molecule has 1 saturated heterocycles. The van der Waals surface area contributed by atoms with E-state index in [2.05, 4.69) is 15.3 Å². The molecule has 3 aromatic heterocycles. The van der Waals surface area contributed by atoms with Crippen molar-refractivity contribution in [1.29, 1.82) is 0 Å². The number of piperidine rings is 1. The summed E-state index contributed by atoms with van der Waals surface area (Å²) >= 11 is 0. The molecule has 28 heavy (non-hydrogen) atoms. The summed E-state index contributed by atoms with van der Waals surface area (Å²) in [4.78, 5) is 28.6. The van der Waals surface area contributed by atoms with Crippen LogP contribution in [0.5, 0.6) is 0 Å². The second kappa shape index (κ2) is 6.43. The fourth-order valence-corrected chi connectivity index (χ4v) is 4.05. The summed E-state index contributed by atoms with van der Waals surface area (Å²) < 4.78 is 3.67. The van der Waals surface area contributed by atoms with E-state index in [1.165, 1.54) is 0 Å². The van der Waals surface area contributed by atoms with Crippen LogP contribution in [0.2, 0.25) is 0 Å². The van der Waals surface area contributed by atoms with Crippen molar-refractivity contribution < 1.29 is 9.59 Å². The van der Waals surface area contributed by atoms with Gasteiger partial charge >= 0.3 is 0 Å². The minimum Gasteiger partial charge on any atom is -0.339 e. The zero-order chi connectivity index (χ0) is 19.3. The molecule has 144 valence electrons. The Morgan fingerprint density at radius 3 is 2.75 bits per heavy atom. The summed E-state index contributed by atoms with van der Waals surface area (Å²) in [5.74, 6) is 1.03. The number of carbonyl (C=O) groups excluding carboxylic acids is 2. The minimum absolute atomic E-state index is 0.0878. The normalized spacial score (nSPS) is 18.0. The van der Waals surface area contributed by atoms with Crippen molar-refractivity contribution in [3.05, 3.63) is 47.7 Å². The quantitative estimate of drug-likeness (QED) is 0.664. The topological polar surface area (TPSA) is 88.6 Å². The molecule has 0 spiro atoms. The van der Waals surface area contributed by atoms with E-state index in [4.69, 9.17) is 0 Å². The first-order chi connectivity index (χ1) is 13.6. The van der Waals surface area contributed by atoms with Crippen LogP contribution < -0.4 is 0 Å². The largest absolute Gasteiger partial charge is 0.339 e. The van der Waals surface area contributed by atoms with Crippen LogP contribution in [0.15, 0.2) is 30.5 Å². The molecule has 0 saturated carbocycles. The summed E-state index contributed by atoms with van der Waals surface area (Å²) in [5, 5.41) is 13.0. The first-order valence-electron chi connectivity index (χ1n) is 9.54. The summed E-state index contributed by atoms with van der Waals surface area (Å²) in [6, 6.07) is 7.48. The van der Waals surface area contributed by atoms with Crippen LogP contribution in [0.25, 0.3) is 5.65 Å². The number of pyridine rings is 1. The number of likely N-dealkylation sites (N-methyl/N-ethyl adjacent to an activating group) is 1. The lowest BCUT2D eigenvalue weighted by atomic mass is 9.95. The monoisotopic (exact) mass is 379 g/mol. The van der Waals surface area contributed by atoms with Crippen LogP contribution in [0.3, 0.4) is 0 Å². The average molecular weight is 379 g/mol. The number of fused-ring (bicyclic) bond motifs is 2. The van der Waals surface area contributed by atoms with Gasteiger partial charge in [-0.25, -0.2) is 0 Å². The molecule has 2 aliphatic rings. The first-order valence-corrected chi connectivity index (χ1v) is 9.54. The van der Waals surface area contributed by atoms with E-state index < -0.39 is 0 Å². The van der Waals surface area contributed by atoms with Gasteiger partial charge in [-0.3, -0.25) is 18.7 Å². The van der Waals surface area contributed by atoms with E-state index in [0.29, 0.717) is 37.6 Å². The van der Waals surface area contributed by atoms with Crippen LogP contribution in [0.1, 0.15) is 45.6 Å². The second-order valence-electron chi connectivity index (χ2n) is 7.42. The minimum atomic E-state index is -0.109. The smallest absolute Gasteiger partial charge is 0.274 e. The fourth-order valence-electron chi connectivity index (χ4n) is 4.05. The highest BCUT2D eigenvalue weighted by Gasteiger charge is 2.31. The lowest BCUT2D eigenvalue weighted by Gasteiger charge is -2.30. The van der Waals surface area contributed by atoms with Gasteiger partial charge in [-0.2, -0.15) is 5.10 Å². The van der Waals surface area contributed by atoms with Gasteiger partial charge in [-0.1, -0.05) is 6.07 Å². The van der Waals surface area contributed by atoms with Gasteiger partial charge in [-0.15, -0.1) is 10.2 Å². The Balaban J connectivity index is 1.30. The van der Waals surface area contributed by atoms with Gasteiger partial charge in [0.2, 0.25) is 0 Å². The molecule has 0 aliphatic carbocycles. The number of amides is 2. The molecule has 1 fully saturated rings. The number of hydrogen-bond donors (Lipinski definition) is 0. The van der Waals surface area contributed by atoms with Gasteiger partial charge in [0.05, 0.1) is 6.54 Å². The maximum atomic E-state index is 12.9. The van der Waals surface area contributed by atoms with Crippen molar-refractivity contribution in [2.24, 2.45) is 0 Å². The third kappa shape index (κ3) is 2.65. The summed E-state index contributed by atoms with van der Waals surface area (Å²) in [6.07, 6.45) is 3.64. The number of likely N-dealkylation sites (tertiary alicyclic amines) is 1. The number of rotatable bonds is 2. The predicted molar refractivity (Wildman–Crippen MR) is 100 cm³/mol. The highest BCUT2D eigenvalue weighted by molar-refractivity contribution is 5.98. The van der Waals surface area contributed by atoms with Crippen LogP contribution in [0, 0.1) is 0 Å². The molecular formula is C19H21N7O2. The third-order valence-electron chi connectivity index (χ3n) is 5.70. The van der Waals surface area contributed by atoms with E-state index in [0.717, 1.165) is 24.3 Å². The standard InChI is InChI=1S/C19H21N7O2/c1-23-10-11-26-15(19(23)28)12-14(22-26)18(27)24-8-5-13(6-9-24)17-21-20-16-4-2-3-7-25(16)17/h2-4,7,12-13H,5-6,8-11H2,1H3. The summed E-state index contributed by atoms with van der Waals surface area (Å²) in [6.45, 7) is 2.51. The van der Waals surface area contributed by atoms with Gasteiger partial charge in [-0.05, 0) is 25.0 Å². The lowest BCUT2D eigenvalue weighted by molar-refractivity contribution is 0.0700. The van der Waals surface area contributed by atoms with E-state index in [-0.39, 0.29) is 17.7 Å². The number of nitrogens with zero attached hydrogens (tertiary/aromatic N) is 7. The molecule has 0 N–H and O–H groups in total. The van der Waals surface area contributed by atoms with E-state index >= 15 is 0 Å². The summed E-state index contributed by atoms with van der Waals surface area (Å²) in [7, 11) is 1.76. The Morgan fingerprint density at radius 1 is 1.11 bits per heavy atom. The van der Waals surface area contributed by atoms with Crippen molar-refractivity contribution in [3.8, 4) is 0 Å². The van der Waals surface area contributed by atoms with Crippen LogP contribution in [-0.2, 0) is 6.54 Å². The molecule has 9 heteroatoms. The zero-order valence-corrected chi connectivity index (χ0v) is 15.7. The number of carbonyl (C=O) groups is 2. The maximum absolute atomic E-state index is 12.9. The Bertz CT molecular complexity index is 1060. The molecule has 2 amide bonds. The fraction of sp³-hybridized carbons (Fsp3) is 0.421. The zero-order valence-electron chi connectivity index (χ0n) is 15.7. The maximum Gasteiger partial charge on any atom is 0.274 e. The molecule has 2 aliphatic heterocycles. The number of aromatic nitrogens is 5. The highest BCUT2D eigenvalue weighted by atomic mass is 16.2. The molecule has 0 bridgehead atoms. The molecule has 3 aromatic rings. The molecule has 9 nitrogen and oxygen atoms in total. The lowest BCUT2D eigenvalue weighted by Crippen LogP contribution is -2.38. The predicted octanol–water partition coefficient (Wildman–Crippen LogP) is 1.03. The van der Waals surface area contributed by atoms with Crippen molar-refractivity contribution in [3.63, 3.8) is 0 Å². The molecule has 5 rings (SSSR count). The van der Waals surface area contributed by atoms with E-state index in [1.807, 2.05) is 33.7 Å². The Labute approximate surface area is 161 Å². The van der Waals surface area contributed by atoms with Crippen LogP contribution in [0.4, 0.5) is 0 Å². The average Bonchev–Trinajstić information content (AvgIpc) is 3.35. The summed E-state index contributed by atoms with van der Waals surface area (Å²) in [5.41, 5.74) is 1.68. The Morgan fingerprint density at radius 2 is 1.93 bits per heavy atom. The molecule has 0 radical (unpaired) electrons. The van der Waals surface area contributed by atoms with E-state index in [9.17, 15) is 9.59 Å². The molecule has 0 aromatic carbocycles. The van der Waals surface area contributed by atoms with Gasteiger partial charge in [0.15, 0.2) is 11.3 Å². The number of hydrogen-bond acceptors (Lipinski definition) is 5. The molecule has 0 unspecified atom stereocenters. The highest BCUT2D eigenvalue weighted by Crippen LogP contribution is 2.28. The van der Waals surface area contributed by atoms with Gasteiger partial charge < -0.3 is 9.80 Å². The molecule has 0 atom stereocenters. The SMILES string of the molecule is CN1CCn2nc(C(=O)N3CCC(c4nnc5ccccn45)CC3)cc2C1=O. The van der Waals surface area contributed by atoms with Gasteiger partial charge in [0.1, 0.15) is 11.5 Å². The Hall–Kier alpha value is -3.23. The van der Waals surface area contributed by atoms with Crippen molar-refractivity contribution in [1.82, 2.24) is 34.2 Å². The molecule has 5 heterocycles. The second-order valence-corrected chi connectivity index (χ2v) is 7.42. The van der Waals surface area contributed by atoms with Crippen molar-refractivity contribution in [2.75, 3.05) is 26.7 Å². The molecular weight excluding hydrogens is 358 g/mol.